The lowest BCUT2D eigenvalue weighted by Gasteiger charge is -2.07. The van der Waals surface area contributed by atoms with Gasteiger partial charge in [-0.3, -0.25) is 0 Å². The molecular weight excluding hydrogens is 240 g/mol. The first-order valence-electron chi connectivity index (χ1n) is 5.06. The number of thiazole rings is 1. The van der Waals surface area contributed by atoms with Gasteiger partial charge in [-0.05, 0) is 31.5 Å². The molecule has 0 saturated heterocycles. The highest BCUT2D eigenvalue weighted by atomic mass is 35.5. The molecule has 0 fully saturated rings. The lowest BCUT2D eigenvalue weighted by Crippen LogP contribution is -1.99. The van der Waals surface area contributed by atoms with E-state index in [-0.39, 0.29) is 0 Å². The van der Waals surface area contributed by atoms with Crippen molar-refractivity contribution in [3.63, 3.8) is 0 Å². The van der Waals surface area contributed by atoms with E-state index in [1.165, 1.54) is 5.56 Å². The molecule has 0 amide bonds. The number of benzene rings is 1. The summed E-state index contributed by atoms with van der Waals surface area (Å²) in [5.41, 5.74) is 3.23. The van der Waals surface area contributed by atoms with Gasteiger partial charge in [-0.25, -0.2) is 4.98 Å². The summed E-state index contributed by atoms with van der Waals surface area (Å²) in [5, 5.41) is 7.18. The van der Waals surface area contributed by atoms with Gasteiger partial charge in [-0.15, -0.1) is 11.3 Å². The molecule has 0 saturated carbocycles. The maximum atomic E-state index is 6.09. The Balaban J connectivity index is 2.07. The van der Waals surface area contributed by atoms with Crippen LogP contribution in [0.25, 0.3) is 0 Å². The van der Waals surface area contributed by atoms with E-state index in [4.69, 9.17) is 11.6 Å². The molecule has 2 aromatic rings. The second-order valence-electron chi connectivity index (χ2n) is 3.72. The third-order valence-electron chi connectivity index (χ3n) is 2.22. The maximum Gasteiger partial charge on any atom is 0.112 e. The fourth-order valence-corrected chi connectivity index (χ4v) is 2.33. The quantitative estimate of drug-likeness (QED) is 0.892. The Labute approximate surface area is 104 Å². The minimum absolute atomic E-state index is 0.724. The number of rotatable bonds is 3. The van der Waals surface area contributed by atoms with E-state index in [2.05, 4.69) is 22.6 Å². The minimum Gasteiger partial charge on any atom is -0.377 e. The molecule has 1 N–H and O–H groups in total. The summed E-state index contributed by atoms with van der Waals surface area (Å²) in [7, 11) is 0. The van der Waals surface area contributed by atoms with Crippen molar-refractivity contribution in [2.75, 3.05) is 5.32 Å². The molecule has 0 atom stereocenters. The van der Waals surface area contributed by atoms with Crippen LogP contribution in [-0.2, 0) is 6.54 Å². The van der Waals surface area contributed by atoms with Crippen LogP contribution in [0.2, 0.25) is 5.02 Å². The maximum absolute atomic E-state index is 6.09. The number of hydrogen-bond donors (Lipinski definition) is 1. The van der Waals surface area contributed by atoms with Gasteiger partial charge < -0.3 is 5.32 Å². The fourth-order valence-electron chi connectivity index (χ4n) is 1.43. The molecule has 0 bridgehead atoms. The predicted octanol–water partition coefficient (Wildman–Crippen LogP) is 4.03. The molecule has 0 radical (unpaired) electrons. The van der Waals surface area contributed by atoms with Gasteiger partial charge in [0.05, 0.1) is 17.3 Å². The highest BCUT2D eigenvalue weighted by Crippen LogP contribution is 2.23. The zero-order valence-electron chi connectivity index (χ0n) is 9.25. The monoisotopic (exact) mass is 252 g/mol. The average molecular weight is 253 g/mol. The number of anilines is 1. The molecule has 2 rings (SSSR count). The third-order valence-corrected chi connectivity index (χ3v) is 3.51. The number of nitrogens with zero attached hydrogens (tertiary/aromatic N) is 1. The average Bonchev–Trinajstić information content (AvgIpc) is 2.66. The molecule has 0 aliphatic rings. The van der Waals surface area contributed by atoms with E-state index in [0.717, 1.165) is 28.0 Å². The van der Waals surface area contributed by atoms with Crippen molar-refractivity contribution in [3.05, 3.63) is 44.9 Å². The summed E-state index contributed by atoms with van der Waals surface area (Å²) in [5.74, 6) is 0. The zero-order valence-corrected chi connectivity index (χ0v) is 10.8. The Morgan fingerprint density at radius 2 is 2.19 bits per heavy atom. The molecular formula is C12H13ClN2S. The standard InChI is InChI=1S/C12H13ClN2S/c1-8-3-4-10(13)11(5-8)14-6-12-15-9(2)7-16-12/h3-5,7,14H,6H2,1-2H3. The van der Waals surface area contributed by atoms with Crippen LogP contribution in [0.15, 0.2) is 23.6 Å². The highest BCUT2D eigenvalue weighted by Gasteiger charge is 2.02. The molecule has 0 aliphatic heterocycles. The van der Waals surface area contributed by atoms with Crippen molar-refractivity contribution in [3.8, 4) is 0 Å². The van der Waals surface area contributed by atoms with Crippen LogP contribution in [0.1, 0.15) is 16.3 Å². The highest BCUT2D eigenvalue weighted by molar-refractivity contribution is 7.09. The van der Waals surface area contributed by atoms with Crippen LogP contribution in [0.4, 0.5) is 5.69 Å². The molecule has 0 spiro atoms. The van der Waals surface area contributed by atoms with Gasteiger partial charge in [0.25, 0.3) is 0 Å². The Kier molecular flexibility index (Phi) is 3.46. The Bertz CT molecular complexity index is 494. The van der Waals surface area contributed by atoms with Gasteiger partial charge in [0, 0.05) is 11.1 Å². The van der Waals surface area contributed by atoms with Crippen LogP contribution >= 0.6 is 22.9 Å². The SMILES string of the molecule is Cc1ccc(Cl)c(NCc2nc(C)cs2)c1. The van der Waals surface area contributed by atoms with Crippen LogP contribution in [0.3, 0.4) is 0 Å². The van der Waals surface area contributed by atoms with Crippen LogP contribution < -0.4 is 5.32 Å². The topological polar surface area (TPSA) is 24.9 Å². The van der Waals surface area contributed by atoms with Gasteiger partial charge in [0.2, 0.25) is 0 Å². The lowest BCUT2D eigenvalue weighted by atomic mass is 10.2. The number of halogens is 1. The lowest BCUT2D eigenvalue weighted by molar-refractivity contribution is 1.07. The molecule has 2 nitrogen and oxygen atoms in total. The summed E-state index contributed by atoms with van der Waals surface area (Å²) in [6, 6.07) is 5.95. The van der Waals surface area contributed by atoms with E-state index >= 15 is 0 Å². The van der Waals surface area contributed by atoms with Crippen molar-refractivity contribution in [1.29, 1.82) is 0 Å². The van der Waals surface area contributed by atoms with Gasteiger partial charge in [-0.2, -0.15) is 0 Å². The minimum atomic E-state index is 0.724. The number of aromatic nitrogens is 1. The second kappa shape index (κ2) is 4.85. The summed E-state index contributed by atoms with van der Waals surface area (Å²) >= 11 is 7.75. The molecule has 1 aromatic heterocycles. The molecule has 1 aromatic carbocycles. The van der Waals surface area contributed by atoms with E-state index in [1.807, 2.05) is 25.1 Å². The predicted molar refractivity (Wildman–Crippen MR) is 70.4 cm³/mol. The van der Waals surface area contributed by atoms with Gasteiger partial charge in [0.15, 0.2) is 0 Å². The van der Waals surface area contributed by atoms with Crippen molar-refractivity contribution in [1.82, 2.24) is 4.98 Å². The molecule has 1 heterocycles. The van der Waals surface area contributed by atoms with Crippen molar-refractivity contribution in [2.24, 2.45) is 0 Å². The van der Waals surface area contributed by atoms with Crippen molar-refractivity contribution >= 4 is 28.6 Å². The van der Waals surface area contributed by atoms with E-state index in [1.54, 1.807) is 11.3 Å². The fraction of sp³-hybridized carbons (Fsp3) is 0.250. The molecule has 4 heteroatoms. The summed E-state index contributed by atoms with van der Waals surface area (Å²) < 4.78 is 0. The van der Waals surface area contributed by atoms with Crippen molar-refractivity contribution in [2.45, 2.75) is 20.4 Å². The largest absolute Gasteiger partial charge is 0.377 e. The van der Waals surface area contributed by atoms with Crippen molar-refractivity contribution < 1.29 is 0 Å². The Morgan fingerprint density at radius 3 is 2.88 bits per heavy atom. The van der Waals surface area contributed by atoms with Gasteiger partial charge in [0.1, 0.15) is 5.01 Å². The van der Waals surface area contributed by atoms with Crippen LogP contribution in [0, 0.1) is 13.8 Å². The molecule has 0 unspecified atom stereocenters. The van der Waals surface area contributed by atoms with E-state index in [0.29, 0.717) is 0 Å². The summed E-state index contributed by atoms with van der Waals surface area (Å²) in [6.45, 7) is 4.77. The number of nitrogens with one attached hydrogen (secondary N) is 1. The zero-order chi connectivity index (χ0) is 11.5. The van der Waals surface area contributed by atoms with E-state index in [9.17, 15) is 0 Å². The third kappa shape index (κ3) is 2.74. The second-order valence-corrected chi connectivity index (χ2v) is 5.07. The summed E-state index contributed by atoms with van der Waals surface area (Å²) in [4.78, 5) is 4.39. The number of hydrogen-bond acceptors (Lipinski definition) is 3. The van der Waals surface area contributed by atoms with Crippen LogP contribution in [-0.4, -0.2) is 4.98 Å². The Morgan fingerprint density at radius 1 is 1.38 bits per heavy atom. The molecule has 0 aliphatic carbocycles. The first kappa shape index (κ1) is 11.4. The summed E-state index contributed by atoms with van der Waals surface area (Å²) in [6.07, 6.45) is 0. The first-order valence-corrected chi connectivity index (χ1v) is 6.32. The molecule has 16 heavy (non-hydrogen) atoms. The van der Waals surface area contributed by atoms with E-state index < -0.39 is 0 Å². The Hall–Kier alpha value is -1.06. The van der Waals surface area contributed by atoms with Gasteiger partial charge in [-0.1, -0.05) is 17.7 Å². The molecule has 84 valence electrons. The van der Waals surface area contributed by atoms with Gasteiger partial charge >= 0.3 is 0 Å². The number of aryl methyl sites for hydroxylation is 2. The van der Waals surface area contributed by atoms with Crippen LogP contribution in [0.5, 0.6) is 0 Å². The normalized spacial score (nSPS) is 10.4. The smallest absolute Gasteiger partial charge is 0.112 e. The first-order chi connectivity index (χ1) is 7.65.